The van der Waals surface area contributed by atoms with Crippen molar-refractivity contribution in [1.82, 2.24) is 19.1 Å². The molecule has 1 fully saturated rings. The van der Waals surface area contributed by atoms with Gasteiger partial charge in [0.25, 0.3) is 10.7 Å². The maximum atomic E-state index is 12.8. The van der Waals surface area contributed by atoms with E-state index in [0.29, 0.717) is 12.1 Å². The number of imidazole rings is 1. The van der Waals surface area contributed by atoms with Crippen molar-refractivity contribution in [3.05, 3.63) is 45.8 Å². The maximum absolute atomic E-state index is 12.8. The molecule has 2 aromatic heterocycles. The molecule has 3 atom stereocenters. The quantitative estimate of drug-likeness (QED) is 0.190. The number of halogens is 3. The molecule has 12 nitrogen and oxygen atoms in total. The molecule has 3 rings (SSSR count). The van der Waals surface area contributed by atoms with Crippen LogP contribution in [0.25, 0.3) is 0 Å². The number of hydrogen-bond donors (Lipinski definition) is 1. The first kappa shape index (κ1) is 32.0. The van der Waals surface area contributed by atoms with E-state index in [4.69, 9.17) is 26.1 Å². The van der Waals surface area contributed by atoms with Crippen LogP contribution >= 0.6 is 12.2 Å². The second-order valence-corrected chi connectivity index (χ2v) is 17.1. The van der Waals surface area contributed by atoms with Gasteiger partial charge < -0.3 is 18.1 Å². The lowest BCUT2D eigenvalue weighted by Crippen LogP contribution is -2.47. The minimum Gasteiger partial charge on any atom is -0.464 e. The Morgan fingerprint density at radius 1 is 1.30 bits per heavy atom. The summed E-state index contributed by atoms with van der Waals surface area (Å²) >= 11 is 5.33. The summed E-state index contributed by atoms with van der Waals surface area (Å²) in [5.74, 6) is -0.961. The van der Waals surface area contributed by atoms with E-state index in [-0.39, 0.29) is 23.2 Å². The summed E-state index contributed by atoms with van der Waals surface area (Å²) in [7, 11) is -8.53. The molecule has 3 heterocycles. The van der Waals surface area contributed by atoms with E-state index in [1.165, 1.54) is 17.1 Å². The molecule has 0 spiro atoms. The van der Waals surface area contributed by atoms with Gasteiger partial charge in [-0.1, -0.05) is 27.7 Å². The van der Waals surface area contributed by atoms with E-state index in [2.05, 4.69) is 50.0 Å². The average molecular weight is 629 g/mol. The van der Waals surface area contributed by atoms with Gasteiger partial charge in [-0.15, -0.1) is 0 Å². The normalized spacial score (nSPS) is 20.6. The molecule has 40 heavy (non-hydrogen) atoms. The number of aromatic nitrogens is 4. The van der Waals surface area contributed by atoms with E-state index in [1.807, 2.05) is 0 Å². The molecule has 2 aromatic rings. The molecule has 0 aromatic carbocycles. The Balaban J connectivity index is 1.92. The largest absolute Gasteiger partial charge is 0.534 e. The number of nitrogens with zero attached hydrogens (tertiary/aromatic N) is 3. The number of nitrogens with one attached hydrogen (secondary N) is 1. The van der Waals surface area contributed by atoms with Crippen LogP contribution in [0, 0.1) is 5.92 Å². The number of thiocarbonyl (C=S) groups is 1. The van der Waals surface area contributed by atoms with Gasteiger partial charge in [-0.2, -0.15) is 21.6 Å². The molecule has 224 valence electrons. The summed E-state index contributed by atoms with van der Waals surface area (Å²) in [5, 5.41) is -0.121. The Kier molecular flexibility index (Phi) is 9.10. The van der Waals surface area contributed by atoms with Crippen LogP contribution in [0.5, 0.6) is 5.75 Å². The third-order valence-electron chi connectivity index (χ3n) is 7.48. The highest BCUT2D eigenvalue weighted by Gasteiger charge is 2.49. The summed E-state index contributed by atoms with van der Waals surface area (Å²) in [4.78, 5) is 30.3. The molecule has 0 unspecified atom stereocenters. The Bertz CT molecular complexity index is 1440. The summed E-state index contributed by atoms with van der Waals surface area (Å²) in [6.45, 7) is 12.6. The van der Waals surface area contributed by atoms with Crippen LogP contribution < -0.4 is 15.4 Å². The van der Waals surface area contributed by atoms with Crippen molar-refractivity contribution in [1.29, 1.82) is 0 Å². The number of alkyl halides is 3. The fourth-order valence-corrected chi connectivity index (χ4v) is 6.80. The SMILES string of the molecule is CC(C)C(C)(C)[Si](C)(C)OC[C@H]1O[C@@H](n2cc(OS(=O)(=O)C(F)(F)F)c(=O)[nH]c2=O)C[C@@H]1OC(=S)n1ccnc1. The molecule has 0 aliphatic carbocycles. The van der Waals surface area contributed by atoms with Crippen molar-refractivity contribution in [2.75, 3.05) is 6.61 Å². The zero-order chi connectivity index (χ0) is 30.3. The monoisotopic (exact) mass is 628 g/mol. The predicted molar refractivity (Wildman–Crippen MR) is 143 cm³/mol. The van der Waals surface area contributed by atoms with Crippen molar-refractivity contribution in [3.8, 4) is 5.75 Å². The minimum atomic E-state index is -6.18. The van der Waals surface area contributed by atoms with E-state index in [9.17, 15) is 31.2 Å². The molecule has 18 heteroatoms. The van der Waals surface area contributed by atoms with Gasteiger partial charge in [0.1, 0.15) is 24.8 Å². The summed E-state index contributed by atoms with van der Waals surface area (Å²) in [6, 6.07) is 0. The van der Waals surface area contributed by atoms with Crippen LogP contribution in [0.4, 0.5) is 13.2 Å². The van der Waals surface area contributed by atoms with E-state index in [0.717, 1.165) is 4.57 Å². The van der Waals surface area contributed by atoms with Crippen molar-refractivity contribution in [2.24, 2.45) is 5.92 Å². The molecule has 0 bridgehead atoms. The lowest BCUT2D eigenvalue weighted by atomic mass is 9.99. The van der Waals surface area contributed by atoms with Crippen molar-refractivity contribution >= 4 is 35.8 Å². The molecule has 1 saturated heterocycles. The Morgan fingerprint density at radius 3 is 2.50 bits per heavy atom. The van der Waals surface area contributed by atoms with Gasteiger partial charge in [0.15, 0.2) is 8.32 Å². The second kappa shape index (κ2) is 11.4. The summed E-state index contributed by atoms with van der Waals surface area (Å²) < 4.78 is 85.9. The lowest BCUT2D eigenvalue weighted by molar-refractivity contribution is -0.0502. The van der Waals surface area contributed by atoms with Crippen molar-refractivity contribution < 1.29 is 39.7 Å². The van der Waals surface area contributed by atoms with Crippen LogP contribution in [-0.4, -0.2) is 65.3 Å². The first-order chi connectivity index (χ1) is 18.3. The summed E-state index contributed by atoms with van der Waals surface area (Å²) in [5.41, 5.74) is -8.33. The van der Waals surface area contributed by atoms with Crippen LogP contribution in [0.15, 0.2) is 34.5 Å². The number of ether oxygens (including phenoxy) is 2. The molecule has 1 aliphatic rings. The lowest BCUT2D eigenvalue weighted by Gasteiger charge is -2.43. The summed E-state index contributed by atoms with van der Waals surface area (Å²) in [6.07, 6.45) is 2.14. The standard InChI is InChI=1S/C22H31F3N4O8S2Si/c1-13(2)21(3,4)40(5,6)34-11-16-14(36-20(38)28-8-7-26-12-28)9-17(35-16)29-10-15(18(30)27-19(29)31)37-39(32,33)22(23,24)25/h7-8,10,12-14,16-17H,9,11H2,1-6H3,(H,27,30,31)/t14-,16+,17+/m0/s1. The van der Waals surface area contributed by atoms with E-state index in [1.54, 1.807) is 11.2 Å². The van der Waals surface area contributed by atoms with Gasteiger partial charge in [0.05, 0.1) is 12.8 Å². The zero-order valence-corrected chi connectivity index (χ0v) is 25.2. The van der Waals surface area contributed by atoms with Crippen molar-refractivity contribution in [3.63, 3.8) is 0 Å². The first-order valence-corrected chi connectivity index (χ1v) is 16.8. The number of aromatic amines is 1. The third-order valence-corrected chi connectivity index (χ3v) is 13.3. The van der Waals surface area contributed by atoms with Gasteiger partial charge in [-0.05, 0) is 36.3 Å². The van der Waals surface area contributed by atoms with Crippen molar-refractivity contribution in [2.45, 2.75) is 76.2 Å². The van der Waals surface area contributed by atoms with E-state index < -0.39 is 59.4 Å². The molecular weight excluding hydrogens is 597 g/mol. The molecule has 0 amide bonds. The molecule has 0 saturated carbocycles. The molecule has 1 aliphatic heterocycles. The molecular formula is C22H31F3N4O8S2Si. The number of rotatable bonds is 9. The van der Waals surface area contributed by atoms with Gasteiger partial charge in [0, 0.05) is 18.8 Å². The zero-order valence-electron chi connectivity index (χ0n) is 22.6. The van der Waals surface area contributed by atoms with Gasteiger partial charge in [-0.25, -0.2) is 9.78 Å². The first-order valence-electron chi connectivity index (χ1n) is 12.1. The number of hydrogen-bond acceptors (Lipinski definition) is 10. The maximum Gasteiger partial charge on any atom is 0.534 e. The van der Waals surface area contributed by atoms with Gasteiger partial charge in [0.2, 0.25) is 5.75 Å². The average Bonchev–Trinajstić information content (AvgIpc) is 3.49. The van der Waals surface area contributed by atoms with Gasteiger partial charge >= 0.3 is 21.3 Å². The fraction of sp³-hybridized carbons (Fsp3) is 0.636. The molecule has 0 radical (unpaired) electrons. The Hall–Kier alpha value is -2.54. The Labute approximate surface area is 234 Å². The predicted octanol–water partition coefficient (Wildman–Crippen LogP) is 3.13. The van der Waals surface area contributed by atoms with Crippen LogP contribution in [0.1, 0.15) is 40.3 Å². The highest BCUT2D eigenvalue weighted by atomic mass is 32.2. The third kappa shape index (κ3) is 6.67. The van der Waals surface area contributed by atoms with Crippen LogP contribution in [0.3, 0.4) is 0 Å². The topological polar surface area (TPSA) is 144 Å². The Morgan fingerprint density at radius 2 is 1.95 bits per heavy atom. The fourth-order valence-electron chi connectivity index (χ4n) is 3.78. The minimum absolute atomic E-state index is 0.0184. The smallest absolute Gasteiger partial charge is 0.464 e. The second-order valence-electron chi connectivity index (χ2n) is 10.6. The molecule has 1 N–H and O–H groups in total. The van der Waals surface area contributed by atoms with Crippen LogP contribution in [0.2, 0.25) is 18.1 Å². The highest BCUT2D eigenvalue weighted by molar-refractivity contribution is 7.88. The highest BCUT2D eigenvalue weighted by Crippen LogP contribution is 2.45. The van der Waals surface area contributed by atoms with E-state index >= 15 is 0 Å². The van der Waals surface area contributed by atoms with Crippen LogP contribution in [-0.2, 0) is 24.0 Å². The van der Waals surface area contributed by atoms with Gasteiger partial charge in [-0.3, -0.25) is 18.9 Å². The number of H-pyrrole nitrogens is 1.